The predicted molar refractivity (Wildman–Crippen MR) is 112 cm³/mol. The van der Waals surface area contributed by atoms with Gasteiger partial charge in [0.05, 0.1) is 14.2 Å². The molecule has 2 aromatic rings. The molecule has 1 aliphatic rings. The van der Waals surface area contributed by atoms with Crippen LogP contribution in [0.3, 0.4) is 0 Å². The summed E-state index contributed by atoms with van der Waals surface area (Å²) in [6, 6.07) is 7.65. The third-order valence-corrected chi connectivity index (χ3v) is 5.30. The fourth-order valence-corrected chi connectivity index (χ4v) is 3.54. The highest BCUT2D eigenvalue weighted by Gasteiger charge is 2.23. The third kappa shape index (κ3) is 3.81. The molecular weight excluding hydrogens is 352 g/mol. The molecule has 1 fully saturated rings. The van der Waals surface area contributed by atoms with E-state index in [1.807, 2.05) is 45.1 Å². The van der Waals surface area contributed by atoms with Crippen molar-refractivity contribution in [3.63, 3.8) is 0 Å². The Bertz CT molecular complexity index is 917. The van der Waals surface area contributed by atoms with Gasteiger partial charge in [0.2, 0.25) is 0 Å². The number of phenolic OH excluding ortho intramolecular Hbond substituents is 1. The van der Waals surface area contributed by atoms with Crippen molar-refractivity contribution in [2.24, 2.45) is 0 Å². The summed E-state index contributed by atoms with van der Waals surface area (Å²) in [5.74, 6) is 1.45. The fraction of sp³-hybridized carbons (Fsp3) is 0.292. The molecule has 0 saturated heterocycles. The van der Waals surface area contributed by atoms with Gasteiger partial charge >= 0.3 is 0 Å². The smallest absolute Gasteiger partial charge is 0.185 e. The van der Waals surface area contributed by atoms with Crippen molar-refractivity contribution in [3.05, 3.63) is 63.2 Å². The number of aromatic hydroxyl groups is 1. The lowest BCUT2D eigenvalue weighted by molar-refractivity contribution is -0.111. The topological polar surface area (TPSA) is 55.8 Å². The first kappa shape index (κ1) is 19.7. The average Bonchev–Trinajstić information content (AvgIpc) is 3.00. The van der Waals surface area contributed by atoms with Crippen LogP contribution >= 0.6 is 0 Å². The van der Waals surface area contributed by atoms with Gasteiger partial charge in [-0.25, -0.2) is 0 Å². The van der Waals surface area contributed by atoms with E-state index in [0.29, 0.717) is 18.6 Å². The Morgan fingerprint density at radius 3 is 1.86 bits per heavy atom. The molecule has 4 nitrogen and oxygen atoms in total. The van der Waals surface area contributed by atoms with Crippen LogP contribution in [-0.4, -0.2) is 25.1 Å². The van der Waals surface area contributed by atoms with E-state index in [9.17, 15) is 9.90 Å². The maximum atomic E-state index is 12.9. The minimum absolute atomic E-state index is 0.0712. The third-order valence-electron chi connectivity index (χ3n) is 5.30. The molecule has 4 heteroatoms. The molecule has 0 unspecified atom stereocenters. The highest BCUT2D eigenvalue weighted by Crippen LogP contribution is 2.34. The van der Waals surface area contributed by atoms with E-state index in [4.69, 9.17) is 9.47 Å². The Morgan fingerprint density at radius 1 is 0.821 bits per heavy atom. The monoisotopic (exact) mass is 378 g/mol. The zero-order valence-electron chi connectivity index (χ0n) is 17.1. The van der Waals surface area contributed by atoms with Crippen molar-refractivity contribution >= 4 is 17.9 Å². The van der Waals surface area contributed by atoms with Gasteiger partial charge in [0, 0.05) is 11.1 Å². The molecule has 0 radical (unpaired) electrons. The first-order valence-corrected chi connectivity index (χ1v) is 9.32. The quantitative estimate of drug-likeness (QED) is 0.746. The Hall–Kier alpha value is -3.01. The largest absolute Gasteiger partial charge is 0.504 e. The second kappa shape index (κ2) is 7.93. The number of benzene rings is 2. The molecule has 0 spiro atoms. The van der Waals surface area contributed by atoms with Crippen molar-refractivity contribution in [1.82, 2.24) is 0 Å². The standard InChI is InChI=1S/C24H26O4/c1-14-8-17(12-21(27-4)16(14)3)10-19-6-7-20(24(19)26)11-18-9-15(2)23(25)22(13-18)28-5/h8-13,25H,6-7H2,1-5H3/b19-10+,20-11+. The van der Waals surface area contributed by atoms with E-state index in [2.05, 4.69) is 6.07 Å². The molecule has 28 heavy (non-hydrogen) atoms. The summed E-state index contributed by atoms with van der Waals surface area (Å²) in [6.07, 6.45) is 5.27. The lowest BCUT2D eigenvalue weighted by Gasteiger charge is -2.09. The molecule has 0 aliphatic heterocycles. The van der Waals surface area contributed by atoms with Crippen LogP contribution in [0.2, 0.25) is 0 Å². The van der Waals surface area contributed by atoms with Crippen LogP contribution in [-0.2, 0) is 4.79 Å². The van der Waals surface area contributed by atoms with E-state index in [0.717, 1.165) is 44.7 Å². The Balaban J connectivity index is 1.91. The molecule has 0 aromatic heterocycles. The first-order chi connectivity index (χ1) is 13.3. The predicted octanol–water partition coefficient (Wildman–Crippen LogP) is 5.16. The summed E-state index contributed by atoms with van der Waals surface area (Å²) in [4.78, 5) is 12.9. The van der Waals surface area contributed by atoms with Crippen LogP contribution in [0.1, 0.15) is 40.7 Å². The van der Waals surface area contributed by atoms with Gasteiger partial charge in [-0.3, -0.25) is 4.79 Å². The van der Waals surface area contributed by atoms with Gasteiger partial charge in [-0.2, -0.15) is 0 Å². The van der Waals surface area contributed by atoms with Crippen LogP contribution in [0.15, 0.2) is 35.4 Å². The number of phenols is 1. The first-order valence-electron chi connectivity index (χ1n) is 9.32. The number of allylic oxidation sites excluding steroid dienone is 2. The molecule has 0 heterocycles. The van der Waals surface area contributed by atoms with Crippen molar-refractivity contribution in [2.45, 2.75) is 33.6 Å². The van der Waals surface area contributed by atoms with Crippen LogP contribution in [0.25, 0.3) is 12.2 Å². The normalized spacial score (nSPS) is 16.8. The van der Waals surface area contributed by atoms with Crippen molar-refractivity contribution in [3.8, 4) is 17.2 Å². The highest BCUT2D eigenvalue weighted by molar-refractivity contribution is 6.15. The number of carbonyl (C=O) groups is 1. The second-order valence-electron chi connectivity index (χ2n) is 7.22. The summed E-state index contributed by atoms with van der Waals surface area (Å²) in [5.41, 5.74) is 6.37. The van der Waals surface area contributed by atoms with Gasteiger partial charge in [-0.15, -0.1) is 0 Å². The number of carbonyl (C=O) groups excluding carboxylic acids is 1. The number of ether oxygens (including phenoxy) is 2. The molecule has 1 N–H and O–H groups in total. The van der Waals surface area contributed by atoms with Gasteiger partial charge in [0.1, 0.15) is 5.75 Å². The van der Waals surface area contributed by atoms with Gasteiger partial charge in [0.25, 0.3) is 0 Å². The average molecular weight is 378 g/mol. The maximum absolute atomic E-state index is 12.9. The number of hydrogen-bond donors (Lipinski definition) is 1. The summed E-state index contributed by atoms with van der Waals surface area (Å²) in [6.45, 7) is 5.89. The van der Waals surface area contributed by atoms with E-state index in [1.165, 1.54) is 7.11 Å². The molecule has 0 amide bonds. The zero-order chi connectivity index (χ0) is 20.4. The van der Waals surface area contributed by atoms with E-state index >= 15 is 0 Å². The molecule has 1 aliphatic carbocycles. The maximum Gasteiger partial charge on any atom is 0.185 e. The van der Waals surface area contributed by atoms with Gasteiger partial charge in [-0.05, 0) is 91.8 Å². The van der Waals surface area contributed by atoms with Gasteiger partial charge in [-0.1, -0.05) is 6.07 Å². The molecule has 3 rings (SSSR count). The van der Waals surface area contributed by atoms with Crippen LogP contribution in [0.5, 0.6) is 17.2 Å². The molecule has 1 saturated carbocycles. The number of methoxy groups -OCH3 is 2. The van der Waals surface area contributed by atoms with Gasteiger partial charge < -0.3 is 14.6 Å². The SMILES string of the molecule is COc1cc(/C=C2\CC/C(=C\c3cc(C)c(O)c(OC)c3)C2=O)cc(C)c1C. The molecule has 0 atom stereocenters. The number of ketones is 1. The fourth-order valence-electron chi connectivity index (χ4n) is 3.54. The minimum atomic E-state index is 0.0712. The van der Waals surface area contributed by atoms with Gasteiger partial charge in [0.15, 0.2) is 17.3 Å². The molecular formula is C24H26O4. The Morgan fingerprint density at radius 2 is 1.32 bits per heavy atom. The summed E-state index contributed by atoms with van der Waals surface area (Å²) >= 11 is 0. The molecule has 146 valence electrons. The lowest BCUT2D eigenvalue weighted by Crippen LogP contribution is -1.97. The summed E-state index contributed by atoms with van der Waals surface area (Å²) in [7, 11) is 3.18. The number of Topliss-reactive ketones (excluding diaryl/α,β-unsaturated/α-hetero) is 1. The number of hydrogen-bond acceptors (Lipinski definition) is 4. The molecule has 2 aromatic carbocycles. The van der Waals surface area contributed by atoms with Crippen LogP contribution in [0.4, 0.5) is 0 Å². The van der Waals surface area contributed by atoms with E-state index in [1.54, 1.807) is 13.2 Å². The van der Waals surface area contributed by atoms with Crippen molar-refractivity contribution in [2.75, 3.05) is 14.2 Å². The van der Waals surface area contributed by atoms with E-state index < -0.39 is 0 Å². The minimum Gasteiger partial charge on any atom is -0.504 e. The van der Waals surface area contributed by atoms with Crippen LogP contribution < -0.4 is 9.47 Å². The summed E-state index contributed by atoms with van der Waals surface area (Å²) in [5, 5.41) is 9.99. The highest BCUT2D eigenvalue weighted by atomic mass is 16.5. The van der Waals surface area contributed by atoms with Crippen LogP contribution in [0, 0.1) is 20.8 Å². The lowest BCUT2D eigenvalue weighted by atomic mass is 10.0. The summed E-state index contributed by atoms with van der Waals surface area (Å²) < 4.78 is 10.7. The van der Waals surface area contributed by atoms with Crippen molar-refractivity contribution < 1.29 is 19.4 Å². The zero-order valence-corrected chi connectivity index (χ0v) is 17.1. The van der Waals surface area contributed by atoms with Crippen molar-refractivity contribution in [1.29, 1.82) is 0 Å². The second-order valence-corrected chi connectivity index (χ2v) is 7.22. The molecule has 0 bridgehead atoms. The number of rotatable bonds is 4. The number of aryl methyl sites for hydroxylation is 2. The van der Waals surface area contributed by atoms with E-state index in [-0.39, 0.29) is 11.5 Å². The Kier molecular flexibility index (Phi) is 5.59. The Labute approximate surface area is 166 Å².